The van der Waals surface area contributed by atoms with Crippen LogP contribution in [0.1, 0.15) is 41.6 Å². The van der Waals surface area contributed by atoms with Crippen molar-refractivity contribution in [2.24, 2.45) is 0 Å². The zero-order chi connectivity index (χ0) is 15.4. The lowest BCUT2D eigenvalue weighted by molar-refractivity contribution is 0.545. The van der Waals surface area contributed by atoms with Crippen molar-refractivity contribution >= 4 is 5.82 Å². The smallest absolute Gasteiger partial charge is 0.128 e. The number of hydrogen-bond acceptors (Lipinski definition) is 3. The minimum absolute atomic E-state index is 0.225. The van der Waals surface area contributed by atoms with Crippen LogP contribution in [0.25, 0.3) is 0 Å². The Bertz CT molecular complexity index is 605. The Morgan fingerprint density at radius 2 is 2.05 bits per heavy atom. The highest BCUT2D eigenvalue weighted by molar-refractivity contribution is 5.50. The summed E-state index contributed by atoms with van der Waals surface area (Å²) in [4.78, 5) is 4.16. The van der Waals surface area contributed by atoms with Crippen LogP contribution in [0.5, 0.6) is 0 Å². The Kier molecular flexibility index (Phi) is 4.91. The van der Waals surface area contributed by atoms with E-state index < -0.39 is 0 Å². The van der Waals surface area contributed by atoms with Gasteiger partial charge in [0.15, 0.2) is 0 Å². The molecule has 1 unspecified atom stereocenters. The minimum atomic E-state index is -0.279. The van der Waals surface area contributed by atoms with Crippen LogP contribution in [0.15, 0.2) is 30.5 Å². The van der Waals surface area contributed by atoms with E-state index >= 15 is 0 Å². The van der Waals surface area contributed by atoms with Gasteiger partial charge in [0.25, 0.3) is 0 Å². The van der Waals surface area contributed by atoms with E-state index in [1.165, 1.54) is 6.07 Å². The first-order chi connectivity index (χ1) is 10.0. The quantitative estimate of drug-likeness (QED) is 0.884. The van der Waals surface area contributed by atoms with Crippen molar-refractivity contribution in [2.75, 3.05) is 12.3 Å². The van der Waals surface area contributed by atoms with Gasteiger partial charge >= 0.3 is 0 Å². The maximum absolute atomic E-state index is 14.3. The standard InChI is InChI=1S/C17H22FN3/c1-4-8-20-16(13-10-11(2)5-6-14(13)18)15-12(3)7-9-21-17(15)19/h5-7,9-10,16,20H,4,8H2,1-3H3,(H2,19,21). The van der Waals surface area contributed by atoms with Gasteiger partial charge in [-0.1, -0.05) is 24.6 Å². The number of benzene rings is 1. The number of pyridine rings is 1. The number of aryl methyl sites for hydroxylation is 2. The van der Waals surface area contributed by atoms with E-state index in [-0.39, 0.29) is 11.9 Å². The van der Waals surface area contributed by atoms with Gasteiger partial charge in [0, 0.05) is 17.3 Å². The van der Waals surface area contributed by atoms with Crippen LogP contribution in [-0.2, 0) is 0 Å². The first kappa shape index (κ1) is 15.4. The number of anilines is 1. The summed E-state index contributed by atoms with van der Waals surface area (Å²) in [5.74, 6) is 0.223. The second kappa shape index (κ2) is 6.68. The summed E-state index contributed by atoms with van der Waals surface area (Å²) in [5, 5.41) is 3.39. The second-order valence-corrected chi connectivity index (χ2v) is 5.34. The summed E-state index contributed by atoms with van der Waals surface area (Å²) in [5.41, 5.74) is 9.55. The van der Waals surface area contributed by atoms with E-state index in [9.17, 15) is 4.39 Å². The zero-order valence-electron chi connectivity index (χ0n) is 12.8. The van der Waals surface area contributed by atoms with Crippen LogP contribution < -0.4 is 11.1 Å². The molecule has 4 heteroatoms. The summed E-state index contributed by atoms with van der Waals surface area (Å²) < 4.78 is 14.3. The van der Waals surface area contributed by atoms with Crippen molar-refractivity contribution in [1.29, 1.82) is 0 Å². The molecule has 0 aliphatic heterocycles. The van der Waals surface area contributed by atoms with Crippen molar-refractivity contribution in [1.82, 2.24) is 10.3 Å². The van der Waals surface area contributed by atoms with Gasteiger partial charge in [-0.05, 0) is 44.5 Å². The normalized spacial score (nSPS) is 12.4. The Hall–Kier alpha value is -1.94. The molecule has 112 valence electrons. The molecule has 0 saturated heterocycles. The predicted molar refractivity (Wildman–Crippen MR) is 84.7 cm³/mol. The largest absolute Gasteiger partial charge is 0.383 e. The monoisotopic (exact) mass is 287 g/mol. The Morgan fingerprint density at radius 1 is 1.29 bits per heavy atom. The summed E-state index contributed by atoms with van der Waals surface area (Å²) in [6.07, 6.45) is 2.64. The van der Waals surface area contributed by atoms with Gasteiger partial charge in [-0.2, -0.15) is 0 Å². The molecule has 2 aromatic rings. The molecule has 0 aliphatic rings. The summed E-state index contributed by atoms with van der Waals surface area (Å²) >= 11 is 0. The Morgan fingerprint density at radius 3 is 2.71 bits per heavy atom. The molecule has 1 heterocycles. The fourth-order valence-corrected chi connectivity index (χ4v) is 2.51. The van der Waals surface area contributed by atoms with Gasteiger partial charge in [-0.15, -0.1) is 0 Å². The average Bonchev–Trinajstić information content (AvgIpc) is 2.45. The highest BCUT2D eigenvalue weighted by atomic mass is 19.1. The van der Waals surface area contributed by atoms with Crippen LogP contribution in [0.2, 0.25) is 0 Å². The molecule has 21 heavy (non-hydrogen) atoms. The number of aromatic nitrogens is 1. The van der Waals surface area contributed by atoms with Gasteiger partial charge in [0.05, 0.1) is 6.04 Å². The summed E-state index contributed by atoms with van der Waals surface area (Å²) in [6.45, 7) is 6.79. The lowest BCUT2D eigenvalue weighted by Gasteiger charge is -2.23. The molecule has 0 spiro atoms. The lowest BCUT2D eigenvalue weighted by Crippen LogP contribution is -2.26. The van der Waals surface area contributed by atoms with Crippen molar-refractivity contribution in [3.05, 3.63) is 58.5 Å². The lowest BCUT2D eigenvalue weighted by atomic mass is 9.94. The Balaban J connectivity index is 2.55. The number of nitrogens with two attached hydrogens (primary N) is 1. The van der Waals surface area contributed by atoms with Crippen LogP contribution in [0, 0.1) is 19.7 Å². The van der Waals surface area contributed by atoms with Crippen molar-refractivity contribution in [3.63, 3.8) is 0 Å². The van der Waals surface area contributed by atoms with Crippen molar-refractivity contribution in [2.45, 2.75) is 33.2 Å². The van der Waals surface area contributed by atoms with E-state index in [4.69, 9.17) is 5.73 Å². The number of rotatable bonds is 5. The third-order valence-corrected chi connectivity index (χ3v) is 3.59. The highest BCUT2D eigenvalue weighted by Gasteiger charge is 2.22. The number of halogens is 1. The molecule has 2 rings (SSSR count). The molecule has 0 saturated carbocycles. The zero-order valence-corrected chi connectivity index (χ0v) is 12.8. The molecule has 3 nitrogen and oxygen atoms in total. The van der Waals surface area contributed by atoms with E-state index in [1.54, 1.807) is 12.3 Å². The molecule has 1 aromatic heterocycles. The predicted octanol–water partition coefficient (Wildman–Crippen LogP) is 3.51. The van der Waals surface area contributed by atoms with E-state index in [0.717, 1.165) is 29.7 Å². The van der Waals surface area contributed by atoms with Crippen LogP contribution in [0.4, 0.5) is 10.2 Å². The fourth-order valence-electron chi connectivity index (χ4n) is 2.51. The summed E-state index contributed by atoms with van der Waals surface area (Å²) in [6, 6.07) is 6.77. The molecular formula is C17H22FN3. The first-order valence-corrected chi connectivity index (χ1v) is 7.25. The van der Waals surface area contributed by atoms with Gasteiger partial charge in [-0.25, -0.2) is 9.37 Å². The van der Waals surface area contributed by atoms with E-state index in [0.29, 0.717) is 11.4 Å². The molecule has 3 N–H and O–H groups in total. The molecular weight excluding hydrogens is 265 g/mol. The molecule has 0 aliphatic carbocycles. The van der Waals surface area contributed by atoms with Crippen LogP contribution in [-0.4, -0.2) is 11.5 Å². The molecule has 1 atom stereocenters. The molecule has 1 aromatic carbocycles. The molecule has 0 fully saturated rings. The van der Waals surface area contributed by atoms with Gasteiger partial charge in [0.1, 0.15) is 11.6 Å². The second-order valence-electron chi connectivity index (χ2n) is 5.34. The third kappa shape index (κ3) is 3.39. The summed E-state index contributed by atoms with van der Waals surface area (Å²) in [7, 11) is 0. The molecule has 0 amide bonds. The van der Waals surface area contributed by atoms with Crippen LogP contribution >= 0.6 is 0 Å². The van der Waals surface area contributed by atoms with Crippen LogP contribution in [0.3, 0.4) is 0 Å². The maximum Gasteiger partial charge on any atom is 0.128 e. The third-order valence-electron chi connectivity index (χ3n) is 3.59. The van der Waals surface area contributed by atoms with Gasteiger partial charge in [-0.3, -0.25) is 0 Å². The van der Waals surface area contributed by atoms with E-state index in [1.807, 2.05) is 26.0 Å². The maximum atomic E-state index is 14.3. The highest BCUT2D eigenvalue weighted by Crippen LogP contribution is 2.30. The molecule has 0 radical (unpaired) electrons. The van der Waals surface area contributed by atoms with Gasteiger partial charge < -0.3 is 11.1 Å². The fraction of sp³-hybridized carbons (Fsp3) is 0.353. The number of nitrogens with zero attached hydrogens (tertiary/aromatic N) is 1. The molecule has 0 bridgehead atoms. The first-order valence-electron chi connectivity index (χ1n) is 7.25. The number of nitrogen functional groups attached to an aromatic ring is 1. The van der Waals surface area contributed by atoms with Crippen molar-refractivity contribution in [3.8, 4) is 0 Å². The van der Waals surface area contributed by atoms with Gasteiger partial charge in [0.2, 0.25) is 0 Å². The minimum Gasteiger partial charge on any atom is -0.383 e. The number of nitrogens with one attached hydrogen (secondary N) is 1. The number of hydrogen-bond donors (Lipinski definition) is 2. The topological polar surface area (TPSA) is 50.9 Å². The Labute approximate surface area is 125 Å². The average molecular weight is 287 g/mol. The van der Waals surface area contributed by atoms with Crippen molar-refractivity contribution < 1.29 is 4.39 Å². The van der Waals surface area contributed by atoms with E-state index in [2.05, 4.69) is 17.2 Å². The SMILES string of the molecule is CCCNC(c1cc(C)ccc1F)c1c(C)ccnc1N.